The van der Waals surface area contributed by atoms with Crippen molar-refractivity contribution in [1.82, 2.24) is 0 Å². The molecule has 1 heterocycles. The van der Waals surface area contributed by atoms with Crippen LogP contribution in [0.2, 0.25) is 0 Å². The second-order valence-corrected chi connectivity index (χ2v) is 9.88. The largest absolute Gasteiger partial charge is 0.497 e. The number of hydrogen-bond acceptors (Lipinski definition) is 5. The Bertz CT molecular complexity index is 1010. The van der Waals surface area contributed by atoms with Crippen molar-refractivity contribution in [3.8, 4) is 11.5 Å². The minimum atomic E-state index is -3.33. The van der Waals surface area contributed by atoms with Crippen molar-refractivity contribution in [2.24, 2.45) is 0 Å². The Morgan fingerprint density at radius 2 is 1.79 bits per heavy atom. The number of carbonyl (C=O) groups is 1. The maximum absolute atomic E-state index is 13.2. The van der Waals surface area contributed by atoms with Crippen molar-refractivity contribution >= 4 is 21.4 Å². The van der Waals surface area contributed by atoms with E-state index in [1.807, 2.05) is 6.92 Å². The number of amides is 1. The van der Waals surface area contributed by atoms with Crippen LogP contribution >= 0.6 is 0 Å². The van der Waals surface area contributed by atoms with Gasteiger partial charge in [-0.05, 0) is 56.2 Å². The summed E-state index contributed by atoms with van der Waals surface area (Å²) in [6.45, 7) is 2.31. The first kappa shape index (κ1) is 19.8. The minimum absolute atomic E-state index is 0.151. The molecule has 0 radical (unpaired) electrons. The molecule has 1 aliphatic heterocycles. The Hall–Kier alpha value is -2.54. The van der Waals surface area contributed by atoms with Crippen LogP contribution in [0.5, 0.6) is 11.5 Å². The molecule has 2 aliphatic rings. The van der Waals surface area contributed by atoms with Crippen LogP contribution in [0.15, 0.2) is 47.4 Å². The summed E-state index contributed by atoms with van der Waals surface area (Å²) in [7, 11) is -1.76. The number of sulfone groups is 1. The number of rotatable bonds is 4. The molecule has 0 spiro atoms. The van der Waals surface area contributed by atoms with Gasteiger partial charge in [-0.25, -0.2) is 8.42 Å². The van der Waals surface area contributed by atoms with Crippen molar-refractivity contribution in [2.45, 2.75) is 48.9 Å². The SMILES string of the molecule is COc1ccc2c(c1)N(C(=O)c1ccc(S(=O)(=O)C3CCCC3)cc1)CC(C)O2. The first-order valence-electron chi connectivity index (χ1n) is 9.90. The van der Waals surface area contributed by atoms with Crippen LogP contribution in [0.4, 0.5) is 5.69 Å². The number of carbonyl (C=O) groups excluding carboxylic acids is 1. The van der Waals surface area contributed by atoms with Gasteiger partial charge in [0.2, 0.25) is 0 Å². The topological polar surface area (TPSA) is 72.9 Å². The van der Waals surface area contributed by atoms with E-state index in [0.29, 0.717) is 47.0 Å². The molecule has 4 rings (SSSR count). The smallest absolute Gasteiger partial charge is 0.258 e. The maximum Gasteiger partial charge on any atom is 0.258 e. The Labute approximate surface area is 171 Å². The number of ether oxygens (including phenoxy) is 2. The molecule has 2 aromatic carbocycles. The van der Waals surface area contributed by atoms with Crippen LogP contribution in [0, 0.1) is 0 Å². The zero-order chi connectivity index (χ0) is 20.6. The van der Waals surface area contributed by atoms with Crippen molar-refractivity contribution in [1.29, 1.82) is 0 Å². The average molecular weight is 416 g/mol. The number of anilines is 1. The fourth-order valence-corrected chi connectivity index (χ4v) is 5.92. The number of hydrogen-bond donors (Lipinski definition) is 0. The monoisotopic (exact) mass is 415 g/mol. The normalized spacial score (nSPS) is 19.5. The highest BCUT2D eigenvalue weighted by Gasteiger charge is 2.32. The van der Waals surface area contributed by atoms with Gasteiger partial charge in [0, 0.05) is 11.6 Å². The van der Waals surface area contributed by atoms with Crippen molar-refractivity contribution in [3.05, 3.63) is 48.0 Å². The summed E-state index contributed by atoms with van der Waals surface area (Å²) in [6, 6.07) is 11.7. The second kappa shape index (κ2) is 7.71. The quantitative estimate of drug-likeness (QED) is 0.759. The molecule has 0 N–H and O–H groups in total. The van der Waals surface area contributed by atoms with Crippen LogP contribution in [-0.4, -0.2) is 39.3 Å². The van der Waals surface area contributed by atoms with Crippen LogP contribution in [-0.2, 0) is 9.84 Å². The van der Waals surface area contributed by atoms with Gasteiger partial charge >= 0.3 is 0 Å². The molecular weight excluding hydrogens is 390 g/mol. The molecule has 1 unspecified atom stereocenters. The van der Waals surface area contributed by atoms with Gasteiger partial charge in [-0.1, -0.05) is 12.8 Å². The maximum atomic E-state index is 13.2. The Kier molecular flexibility index (Phi) is 5.25. The van der Waals surface area contributed by atoms with Crippen molar-refractivity contribution in [3.63, 3.8) is 0 Å². The highest BCUT2D eigenvalue weighted by Crippen LogP contribution is 2.37. The molecule has 1 fully saturated rings. The van der Waals surface area contributed by atoms with Crippen molar-refractivity contribution < 1.29 is 22.7 Å². The van der Waals surface area contributed by atoms with E-state index in [2.05, 4.69) is 0 Å². The van der Waals surface area contributed by atoms with E-state index in [-0.39, 0.29) is 17.3 Å². The van der Waals surface area contributed by atoms with Gasteiger partial charge in [0.05, 0.1) is 29.5 Å². The molecule has 0 bridgehead atoms. The molecule has 0 saturated heterocycles. The molecule has 7 heteroatoms. The van der Waals surface area contributed by atoms with Gasteiger partial charge in [0.1, 0.15) is 17.6 Å². The Morgan fingerprint density at radius 1 is 1.10 bits per heavy atom. The second-order valence-electron chi connectivity index (χ2n) is 7.65. The summed E-state index contributed by atoms with van der Waals surface area (Å²) < 4.78 is 36.7. The van der Waals surface area contributed by atoms with E-state index < -0.39 is 9.84 Å². The molecule has 2 aromatic rings. The molecular formula is C22H25NO5S. The molecule has 1 saturated carbocycles. The van der Waals surface area contributed by atoms with Crippen LogP contribution in [0.1, 0.15) is 43.0 Å². The number of benzene rings is 2. The number of methoxy groups -OCH3 is 1. The van der Waals surface area contributed by atoms with Gasteiger partial charge < -0.3 is 14.4 Å². The number of fused-ring (bicyclic) bond motifs is 1. The zero-order valence-corrected chi connectivity index (χ0v) is 17.4. The highest BCUT2D eigenvalue weighted by molar-refractivity contribution is 7.92. The summed E-state index contributed by atoms with van der Waals surface area (Å²) in [5.74, 6) is 1.07. The van der Waals surface area contributed by atoms with Gasteiger partial charge in [0.25, 0.3) is 5.91 Å². The first-order chi connectivity index (χ1) is 13.9. The molecule has 1 aliphatic carbocycles. The van der Waals surface area contributed by atoms with E-state index >= 15 is 0 Å². The fraction of sp³-hybridized carbons (Fsp3) is 0.409. The standard InChI is InChI=1S/C22H25NO5S/c1-15-14-23(20-13-17(27-2)9-12-21(20)28-15)22(24)16-7-10-19(11-8-16)29(25,26)18-5-3-4-6-18/h7-13,15,18H,3-6,14H2,1-2H3. The summed E-state index contributed by atoms with van der Waals surface area (Å²) in [5.41, 5.74) is 1.09. The molecule has 1 amide bonds. The Balaban J connectivity index is 1.62. The van der Waals surface area contributed by atoms with Gasteiger partial charge in [-0.15, -0.1) is 0 Å². The lowest BCUT2D eigenvalue weighted by atomic mass is 10.1. The Morgan fingerprint density at radius 3 is 2.45 bits per heavy atom. The molecule has 29 heavy (non-hydrogen) atoms. The fourth-order valence-electron chi connectivity index (χ4n) is 4.07. The lowest BCUT2D eigenvalue weighted by molar-refractivity contribution is 0.0961. The first-order valence-corrected chi connectivity index (χ1v) is 11.5. The molecule has 154 valence electrons. The van der Waals surface area contributed by atoms with Crippen LogP contribution < -0.4 is 14.4 Å². The van der Waals surface area contributed by atoms with Crippen LogP contribution in [0.3, 0.4) is 0 Å². The average Bonchev–Trinajstić information content (AvgIpc) is 3.28. The molecule has 6 nitrogen and oxygen atoms in total. The molecule has 1 atom stereocenters. The predicted molar refractivity (Wildman–Crippen MR) is 111 cm³/mol. The predicted octanol–water partition coefficient (Wildman–Crippen LogP) is 3.84. The molecule has 0 aromatic heterocycles. The highest BCUT2D eigenvalue weighted by atomic mass is 32.2. The number of nitrogens with zero attached hydrogens (tertiary/aromatic N) is 1. The van der Waals surface area contributed by atoms with E-state index in [9.17, 15) is 13.2 Å². The van der Waals surface area contributed by atoms with Crippen LogP contribution in [0.25, 0.3) is 0 Å². The third-order valence-corrected chi connectivity index (χ3v) is 7.92. The van der Waals surface area contributed by atoms with E-state index in [4.69, 9.17) is 9.47 Å². The lowest BCUT2D eigenvalue weighted by Crippen LogP contribution is -2.42. The van der Waals surface area contributed by atoms with E-state index in [1.165, 1.54) is 0 Å². The zero-order valence-electron chi connectivity index (χ0n) is 16.6. The summed E-state index contributed by atoms with van der Waals surface area (Å²) in [6.07, 6.45) is 3.19. The van der Waals surface area contributed by atoms with Gasteiger partial charge in [-0.3, -0.25) is 4.79 Å². The van der Waals surface area contributed by atoms with Gasteiger partial charge in [-0.2, -0.15) is 0 Å². The lowest BCUT2D eigenvalue weighted by Gasteiger charge is -2.33. The van der Waals surface area contributed by atoms with Gasteiger partial charge in [0.15, 0.2) is 9.84 Å². The van der Waals surface area contributed by atoms with E-state index in [1.54, 1.807) is 54.5 Å². The summed E-state index contributed by atoms with van der Waals surface area (Å²) in [5, 5.41) is -0.302. The summed E-state index contributed by atoms with van der Waals surface area (Å²) >= 11 is 0. The van der Waals surface area contributed by atoms with Crippen molar-refractivity contribution in [2.75, 3.05) is 18.6 Å². The van der Waals surface area contributed by atoms with E-state index in [0.717, 1.165) is 12.8 Å². The minimum Gasteiger partial charge on any atom is -0.497 e. The third-order valence-electron chi connectivity index (χ3n) is 5.64. The third kappa shape index (κ3) is 3.71. The summed E-state index contributed by atoms with van der Waals surface area (Å²) in [4.78, 5) is 15.2.